The highest BCUT2D eigenvalue weighted by molar-refractivity contribution is 5.32. The number of halogens is 1. The van der Waals surface area contributed by atoms with Crippen molar-refractivity contribution in [3.63, 3.8) is 0 Å². The van der Waals surface area contributed by atoms with Gasteiger partial charge in [-0.1, -0.05) is 19.1 Å². The molecule has 18 heavy (non-hydrogen) atoms. The average Bonchev–Trinajstić information content (AvgIpc) is 2.39. The van der Waals surface area contributed by atoms with Crippen LogP contribution < -0.4 is 4.74 Å². The minimum absolute atomic E-state index is 0.0281. The highest BCUT2D eigenvalue weighted by atomic mass is 19.1. The molecule has 0 radical (unpaired) electrons. The Labute approximate surface area is 107 Å². The molecule has 0 spiro atoms. The summed E-state index contributed by atoms with van der Waals surface area (Å²) in [5.74, 6) is -0.0443. The summed E-state index contributed by atoms with van der Waals surface area (Å²) in [5, 5.41) is 10.4. The zero-order chi connectivity index (χ0) is 13.1. The van der Waals surface area contributed by atoms with E-state index < -0.39 is 11.9 Å². The van der Waals surface area contributed by atoms with Crippen molar-refractivity contribution in [2.75, 3.05) is 20.3 Å². The van der Waals surface area contributed by atoms with Crippen molar-refractivity contribution in [1.82, 2.24) is 0 Å². The number of methoxy groups -OCH3 is 1. The minimum Gasteiger partial charge on any atom is -0.494 e. The number of aliphatic hydroxyl groups is 1. The smallest absolute Gasteiger partial charge is 0.170 e. The molecule has 0 amide bonds. The van der Waals surface area contributed by atoms with E-state index in [0.29, 0.717) is 18.8 Å². The lowest BCUT2D eigenvalue weighted by atomic mass is 9.82. The normalized spacial score (nSPS) is 25.8. The molecule has 3 unspecified atom stereocenters. The van der Waals surface area contributed by atoms with Crippen molar-refractivity contribution >= 4 is 0 Å². The molecule has 1 aromatic carbocycles. The third-order valence-electron chi connectivity index (χ3n) is 3.64. The van der Waals surface area contributed by atoms with Crippen molar-refractivity contribution in [3.05, 3.63) is 29.6 Å². The quantitative estimate of drug-likeness (QED) is 0.901. The Kier molecular flexibility index (Phi) is 4.19. The molecule has 1 heterocycles. The molecule has 1 aliphatic heterocycles. The van der Waals surface area contributed by atoms with E-state index in [9.17, 15) is 9.50 Å². The van der Waals surface area contributed by atoms with E-state index in [2.05, 4.69) is 0 Å². The number of rotatable bonds is 3. The molecule has 1 saturated heterocycles. The van der Waals surface area contributed by atoms with Crippen LogP contribution in [-0.2, 0) is 4.74 Å². The molecule has 0 bridgehead atoms. The van der Waals surface area contributed by atoms with Gasteiger partial charge < -0.3 is 14.6 Å². The Morgan fingerprint density at radius 1 is 1.50 bits per heavy atom. The molecule has 1 aromatic rings. The molecule has 0 aromatic heterocycles. The van der Waals surface area contributed by atoms with Crippen LogP contribution in [0.4, 0.5) is 4.39 Å². The van der Waals surface area contributed by atoms with E-state index in [0.717, 1.165) is 6.42 Å². The maximum atomic E-state index is 14.1. The fourth-order valence-corrected chi connectivity index (χ4v) is 2.51. The molecule has 1 aliphatic rings. The van der Waals surface area contributed by atoms with Gasteiger partial charge in [0.1, 0.15) is 0 Å². The summed E-state index contributed by atoms with van der Waals surface area (Å²) in [6.07, 6.45) is -0.0575. The van der Waals surface area contributed by atoms with E-state index >= 15 is 0 Å². The van der Waals surface area contributed by atoms with Crippen molar-refractivity contribution in [2.45, 2.75) is 19.4 Å². The summed E-state index contributed by atoms with van der Waals surface area (Å²) in [4.78, 5) is 0. The second kappa shape index (κ2) is 5.67. The van der Waals surface area contributed by atoms with Gasteiger partial charge in [0.25, 0.3) is 0 Å². The number of ether oxygens (including phenoxy) is 2. The summed E-state index contributed by atoms with van der Waals surface area (Å²) < 4.78 is 24.4. The summed E-state index contributed by atoms with van der Waals surface area (Å²) in [6, 6.07) is 4.87. The molecule has 100 valence electrons. The molecule has 0 saturated carbocycles. The van der Waals surface area contributed by atoms with E-state index in [1.54, 1.807) is 18.2 Å². The maximum absolute atomic E-state index is 14.1. The second-order valence-corrected chi connectivity index (χ2v) is 4.81. The first-order valence-electron chi connectivity index (χ1n) is 6.23. The third-order valence-corrected chi connectivity index (χ3v) is 3.64. The van der Waals surface area contributed by atoms with Crippen LogP contribution in [0.2, 0.25) is 0 Å². The number of benzene rings is 1. The zero-order valence-electron chi connectivity index (χ0n) is 10.7. The molecule has 2 rings (SSSR count). The fraction of sp³-hybridized carbons (Fsp3) is 0.571. The van der Waals surface area contributed by atoms with Gasteiger partial charge in [-0.05, 0) is 24.3 Å². The van der Waals surface area contributed by atoms with Gasteiger partial charge in [-0.25, -0.2) is 4.39 Å². The Bertz CT molecular complexity index is 408. The van der Waals surface area contributed by atoms with Crippen LogP contribution in [0.15, 0.2) is 18.2 Å². The van der Waals surface area contributed by atoms with Gasteiger partial charge in [0, 0.05) is 18.8 Å². The van der Waals surface area contributed by atoms with E-state index in [1.165, 1.54) is 7.11 Å². The van der Waals surface area contributed by atoms with Crippen LogP contribution in [0.25, 0.3) is 0 Å². The lowest BCUT2D eigenvalue weighted by molar-refractivity contribution is -0.0321. The predicted octanol–water partition coefficient (Wildman–Crippen LogP) is 2.54. The fourth-order valence-electron chi connectivity index (χ4n) is 2.51. The van der Waals surface area contributed by atoms with E-state index in [-0.39, 0.29) is 17.6 Å². The van der Waals surface area contributed by atoms with Crippen LogP contribution in [0.5, 0.6) is 5.75 Å². The molecule has 3 atom stereocenters. The van der Waals surface area contributed by atoms with Crippen LogP contribution in [0, 0.1) is 17.7 Å². The zero-order valence-corrected chi connectivity index (χ0v) is 10.7. The van der Waals surface area contributed by atoms with Crippen molar-refractivity contribution < 1.29 is 19.0 Å². The van der Waals surface area contributed by atoms with Gasteiger partial charge in [0.2, 0.25) is 0 Å². The summed E-state index contributed by atoms with van der Waals surface area (Å²) >= 11 is 0. The summed E-state index contributed by atoms with van der Waals surface area (Å²) in [5.41, 5.74) is 0.313. The van der Waals surface area contributed by atoms with Crippen LogP contribution in [0.1, 0.15) is 25.0 Å². The first-order valence-corrected chi connectivity index (χ1v) is 6.23. The van der Waals surface area contributed by atoms with Crippen molar-refractivity contribution in [2.24, 2.45) is 11.8 Å². The Balaban J connectivity index is 2.24. The third kappa shape index (κ3) is 2.49. The summed E-state index contributed by atoms with van der Waals surface area (Å²) in [6.45, 7) is 3.26. The Morgan fingerprint density at radius 2 is 2.28 bits per heavy atom. The largest absolute Gasteiger partial charge is 0.494 e. The number of aliphatic hydroxyl groups excluding tert-OH is 1. The minimum atomic E-state index is -0.806. The van der Waals surface area contributed by atoms with Gasteiger partial charge in [0.15, 0.2) is 11.6 Å². The summed E-state index contributed by atoms with van der Waals surface area (Å²) in [7, 11) is 1.42. The first kappa shape index (κ1) is 13.3. The number of hydrogen-bond acceptors (Lipinski definition) is 3. The second-order valence-electron chi connectivity index (χ2n) is 4.81. The molecule has 0 aliphatic carbocycles. The maximum Gasteiger partial charge on any atom is 0.170 e. The first-order chi connectivity index (χ1) is 8.65. The van der Waals surface area contributed by atoms with Gasteiger partial charge in [-0.15, -0.1) is 0 Å². The molecule has 4 heteroatoms. The lowest BCUT2D eigenvalue weighted by Gasteiger charge is -2.32. The van der Waals surface area contributed by atoms with Crippen LogP contribution in [-0.4, -0.2) is 25.4 Å². The highest BCUT2D eigenvalue weighted by Gasteiger charge is 2.31. The molecule has 1 N–H and O–H groups in total. The van der Waals surface area contributed by atoms with E-state index in [1.807, 2.05) is 6.92 Å². The van der Waals surface area contributed by atoms with Crippen LogP contribution >= 0.6 is 0 Å². The van der Waals surface area contributed by atoms with Crippen molar-refractivity contribution in [1.29, 1.82) is 0 Å². The van der Waals surface area contributed by atoms with E-state index in [4.69, 9.17) is 9.47 Å². The van der Waals surface area contributed by atoms with Crippen LogP contribution in [0.3, 0.4) is 0 Å². The molecule has 1 fully saturated rings. The van der Waals surface area contributed by atoms with Gasteiger partial charge in [-0.3, -0.25) is 0 Å². The Hall–Kier alpha value is -1.13. The molecular formula is C14H19FO3. The standard InChI is InChI=1S/C14H19FO3/c1-9-8-18-7-6-10(9)14(16)11-4-3-5-12(17-2)13(11)15/h3-5,9-10,14,16H,6-8H2,1-2H3. The lowest BCUT2D eigenvalue weighted by Crippen LogP contribution is -2.30. The average molecular weight is 254 g/mol. The monoisotopic (exact) mass is 254 g/mol. The molecule has 3 nitrogen and oxygen atoms in total. The SMILES string of the molecule is COc1cccc(C(O)C2CCOCC2C)c1F. The number of hydrogen-bond donors (Lipinski definition) is 1. The highest BCUT2D eigenvalue weighted by Crippen LogP contribution is 2.36. The topological polar surface area (TPSA) is 38.7 Å². The Morgan fingerprint density at radius 3 is 2.94 bits per heavy atom. The van der Waals surface area contributed by atoms with Crippen molar-refractivity contribution in [3.8, 4) is 5.75 Å². The van der Waals surface area contributed by atoms with Gasteiger partial charge in [-0.2, -0.15) is 0 Å². The van der Waals surface area contributed by atoms with Gasteiger partial charge in [0.05, 0.1) is 13.2 Å². The van der Waals surface area contributed by atoms with Gasteiger partial charge >= 0.3 is 0 Å². The molecular weight excluding hydrogens is 235 g/mol. The predicted molar refractivity (Wildman–Crippen MR) is 66.0 cm³/mol.